The largest absolute Gasteiger partial charge is 0.692 e. The van der Waals surface area contributed by atoms with Gasteiger partial charge in [-0.25, -0.2) is 0 Å². The molecule has 0 saturated heterocycles. The highest BCUT2D eigenvalue weighted by atomic mass is 31.1. The van der Waals surface area contributed by atoms with E-state index in [4.69, 9.17) is 25.3 Å². The number of hydrogen-bond acceptors (Lipinski definition) is 4. The Bertz CT molecular complexity index is 73.7. The maximum Gasteiger partial charge on any atom is 0.692 e. The summed E-state index contributed by atoms with van der Waals surface area (Å²) in [4.78, 5) is 14.2. The topological polar surface area (TPSA) is 107 Å². The molecule has 0 bridgehead atoms. The monoisotopic (exact) mass is 187 g/mol. The molecule has 0 radical (unpaired) electrons. The Balaban J connectivity index is -0.0000000886. The van der Waals surface area contributed by atoms with Crippen LogP contribution in [0.5, 0.6) is 0 Å². The first-order valence-corrected chi connectivity index (χ1v) is 3.92. The number of aliphatic hydroxyl groups excluding tert-OH is 1. The van der Waals surface area contributed by atoms with E-state index in [0.29, 0.717) is 0 Å². The first-order chi connectivity index (χ1) is 4.88. The molecule has 0 aromatic carbocycles. The molecule has 70 valence electrons. The fourth-order valence-electron chi connectivity index (χ4n) is 0. The van der Waals surface area contributed by atoms with Crippen LogP contribution in [0.15, 0.2) is 0 Å². The Morgan fingerprint density at radius 1 is 1.45 bits per heavy atom. The number of hydrazine groups is 1. The molecule has 0 spiro atoms. The zero-order valence-corrected chi connectivity index (χ0v) is 7.82. The number of rotatable bonds is 0. The fourth-order valence-corrected chi connectivity index (χ4v) is 0. The van der Waals surface area contributed by atoms with E-state index in [1.807, 2.05) is 0 Å². The minimum Gasteiger partial charge on any atom is -0.397 e. The standard InChI is InChI=1S/C2H8N2.C2H6O.HO3P/c1-4(2)3;1-2-3;1-4(2)3/h3H2,1-2H3;3H,2H2,1H3;(H-,1,2,3)/p+1. The zero-order valence-electron chi connectivity index (χ0n) is 6.93. The molecule has 11 heavy (non-hydrogen) atoms. The van der Waals surface area contributed by atoms with Crippen molar-refractivity contribution in [1.29, 1.82) is 0 Å². The second-order valence-electron chi connectivity index (χ2n) is 1.53. The van der Waals surface area contributed by atoms with Gasteiger partial charge < -0.3 is 5.11 Å². The summed E-state index contributed by atoms with van der Waals surface area (Å²) in [7, 11) is 0.685. The average molecular weight is 187 g/mol. The van der Waals surface area contributed by atoms with Crippen LogP contribution in [0.1, 0.15) is 6.92 Å². The van der Waals surface area contributed by atoms with Crippen LogP contribution in [-0.4, -0.2) is 40.6 Å². The number of aliphatic hydroxyl groups is 1. The van der Waals surface area contributed by atoms with Gasteiger partial charge in [0.1, 0.15) is 0 Å². The van der Waals surface area contributed by atoms with Crippen molar-refractivity contribution in [3.05, 3.63) is 0 Å². The molecule has 5 N–H and O–H groups in total. The van der Waals surface area contributed by atoms with Crippen LogP contribution in [0.4, 0.5) is 0 Å². The van der Waals surface area contributed by atoms with Crippen molar-refractivity contribution in [2.75, 3.05) is 20.7 Å². The summed E-state index contributed by atoms with van der Waals surface area (Å²) in [5, 5.41) is 9.07. The van der Waals surface area contributed by atoms with Gasteiger partial charge in [0, 0.05) is 25.3 Å². The van der Waals surface area contributed by atoms with Crippen LogP contribution in [0.2, 0.25) is 0 Å². The van der Waals surface area contributed by atoms with Gasteiger partial charge in [0.15, 0.2) is 0 Å². The third kappa shape index (κ3) is 61800. The summed E-state index contributed by atoms with van der Waals surface area (Å²) in [6.45, 7) is 1.93. The lowest BCUT2D eigenvalue weighted by molar-refractivity contribution is 0.318. The van der Waals surface area contributed by atoms with E-state index in [1.54, 1.807) is 21.0 Å². The first-order valence-electron chi connectivity index (χ1n) is 2.76. The Labute approximate surface area is 67.2 Å². The van der Waals surface area contributed by atoms with Gasteiger partial charge in [-0.2, -0.15) is 0 Å². The number of hydrogen-bond donors (Lipinski definition) is 4. The van der Waals surface area contributed by atoms with Crippen molar-refractivity contribution < 1.29 is 19.5 Å². The third-order valence-electron chi connectivity index (χ3n) is 0. The highest BCUT2D eigenvalue weighted by Crippen LogP contribution is 1.98. The van der Waals surface area contributed by atoms with Gasteiger partial charge in [0.05, 0.1) is 0 Å². The maximum atomic E-state index is 8.70. The molecular formula is C4H16N2O4P+. The lowest BCUT2D eigenvalue weighted by Crippen LogP contribution is -2.18. The molecule has 0 aliphatic heterocycles. The Morgan fingerprint density at radius 2 is 1.45 bits per heavy atom. The molecule has 0 heterocycles. The SMILES string of the molecule is CCO.CN(C)N.O=[P+](O)O. The molecule has 0 unspecified atom stereocenters. The molecule has 0 aromatic rings. The van der Waals surface area contributed by atoms with E-state index in [0.717, 1.165) is 0 Å². The molecule has 0 rings (SSSR count). The summed E-state index contributed by atoms with van der Waals surface area (Å²) < 4.78 is 8.70. The van der Waals surface area contributed by atoms with E-state index >= 15 is 0 Å². The smallest absolute Gasteiger partial charge is 0.397 e. The first kappa shape index (κ1) is 17.1. The fraction of sp³-hybridized carbons (Fsp3) is 1.00. The Hall–Kier alpha value is -0.100. The van der Waals surface area contributed by atoms with Gasteiger partial charge in [0.25, 0.3) is 0 Å². The molecule has 0 aliphatic carbocycles. The molecule has 0 aromatic heterocycles. The summed E-state index contributed by atoms with van der Waals surface area (Å²) in [6.07, 6.45) is 0. The summed E-state index contributed by atoms with van der Waals surface area (Å²) >= 11 is 0. The molecule has 0 fully saturated rings. The van der Waals surface area contributed by atoms with Gasteiger partial charge in [-0.3, -0.25) is 10.9 Å². The van der Waals surface area contributed by atoms with E-state index < -0.39 is 8.25 Å². The van der Waals surface area contributed by atoms with Gasteiger partial charge in [-0.15, -0.1) is 9.79 Å². The molecule has 0 saturated carbocycles. The van der Waals surface area contributed by atoms with Crippen LogP contribution in [0.3, 0.4) is 0 Å². The van der Waals surface area contributed by atoms with E-state index in [2.05, 4.69) is 0 Å². The molecular weight excluding hydrogens is 171 g/mol. The lowest BCUT2D eigenvalue weighted by Gasteiger charge is -1.91. The Kier molecular flexibility index (Phi) is 25.6. The third-order valence-corrected chi connectivity index (χ3v) is 0. The molecule has 0 aliphatic rings. The van der Waals surface area contributed by atoms with Gasteiger partial charge in [-0.05, 0) is 6.92 Å². The predicted octanol–water partition coefficient (Wildman–Crippen LogP) is -0.951. The molecule has 0 amide bonds. The number of nitrogens with two attached hydrogens (primary N) is 1. The van der Waals surface area contributed by atoms with Crippen molar-refractivity contribution in [2.24, 2.45) is 5.84 Å². The minimum absolute atomic E-state index is 0.250. The second kappa shape index (κ2) is 16.5. The van der Waals surface area contributed by atoms with Gasteiger partial charge in [-0.1, -0.05) is 0 Å². The summed E-state index contributed by atoms with van der Waals surface area (Å²) in [5.41, 5.74) is 0. The lowest BCUT2D eigenvalue weighted by atomic mass is 10.9. The van der Waals surface area contributed by atoms with E-state index in [9.17, 15) is 0 Å². The molecule has 6 nitrogen and oxygen atoms in total. The van der Waals surface area contributed by atoms with Gasteiger partial charge >= 0.3 is 8.25 Å². The van der Waals surface area contributed by atoms with Crippen LogP contribution in [0.25, 0.3) is 0 Å². The molecule has 0 atom stereocenters. The quantitative estimate of drug-likeness (QED) is 0.221. The highest BCUT2D eigenvalue weighted by Gasteiger charge is 1.93. The van der Waals surface area contributed by atoms with Crippen molar-refractivity contribution in [3.8, 4) is 0 Å². The zero-order chi connectivity index (χ0) is 9.86. The summed E-state index contributed by atoms with van der Waals surface area (Å²) in [5.74, 6) is 4.94. The predicted molar refractivity (Wildman–Crippen MR) is 42.7 cm³/mol. The van der Waals surface area contributed by atoms with Crippen molar-refractivity contribution >= 4 is 8.25 Å². The van der Waals surface area contributed by atoms with Crippen LogP contribution in [0, 0.1) is 0 Å². The summed E-state index contributed by atoms with van der Waals surface area (Å²) in [6, 6.07) is 0. The van der Waals surface area contributed by atoms with Crippen LogP contribution >= 0.6 is 8.25 Å². The highest BCUT2D eigenvalue weighted by molar-refractivity contribution is 7.30. The van der Waals surface area contributed by atoms with Crippen molar-refractivity contribution in [2.45, 2.75) is 6.92 Å². The van der Waals surface area contributed by atoms with Crippen molar-refractivity contribution in [3.63, 3.8) is 0 Å². The average Bonchev–Trinajstić information content (AvgIpc) is 1.60. The van der Waals surface area contributed by atoms with E-state index in [1.165, 1.54) is 5.01 Å². The van der Waals surface area contributed by atoms with Crippen molar-refractivity contribution in [1.82, 2.24) is 5.01 Å². The van der Waals surface area contributed by atoms with Gasteiger partial charge in [0.2, 0.25) is 0 Å². The van der Waals surface area contributed by atoms with E-state index in [-0.39, 0.29) is 6.61 Å². The van der Waals surface area contributed by atoms with Crippen LogP contribution in [-0.2, 0) is 4.57 Å². The maximum absolute atomic E-state index is 8.70. The minimum atomic E-state index is -2.87. The van der Waals surface area contributed by atoms with Crippen LogP contribution < -0.4 is 5.84 Å². The normalized spacial score (nSPS) is 7.27. The molecule has 7 heteroatoms. The number of nitrogens with zero attached hydrogens (tertiary/aromatic N) is 1. The Morgan fingerprint density at radius 3 is 1.45 bits per heavy atom. The second-order valence-corrected chi connectivity index (χ2v) is 2.04.